The number of aliphatic hydroxyl groups excluding tert-OH is 1. The van der Waals surface area contributed by atoms with Gasteiger partial charge >= 0.3 is 29.2 Å². The molecular weight excluding hydrogens is 519 g/mol. The number of H-pyrrole nitrogens is 1. The van der Waals surface area contributed by atoms with E-state index in [0.29, 0.717) is 4.57 Å². The summed E-state index contributed by atoms with van der Waals surface area (Å²) < 4.78 is 65.1. The zero-order valence-corrected chi connectivity index (χ0v) is 18.6. The molecule has 1 aromatic heterocycles. The van der Waals surface area contributed by atoms with Gasteiger partial charge in [0, 0.05) is 12.3 Å². The summed E-state index contributed by atoms with van der Waals surface area (Å²) >= 11 is 5.61. The smallest absolute Gasteiger partial charge is 0.387 e. The van der Waals surface area contributed by atoms with Gasteiger partial charge in [-0.2, -0.15) is 8.62 Å². The third-order valence-electron chi connectivity index (χ3n) is 3.09. The number of nitrogens with one attached hydrogen (secondary N) is 1. The van der Waals surface area contributed by atoms with Crippen molar-refractivity contribution in [3.8, 4) is 0 Å². The van der Waals surface area contributed by atoms with Crippen molar-refractivity contribution in [2.45, 2.75) is 25.1 Å². The molecule has 1 aromatic rings. The van der Waals surface area contributed by atoms with Gasteiger partial charge in [-0.25, -0.2) is 22.9 Å². The summed E-state index contributed by atoms with van der Waals surface area (Å²) in [6.45, 7) is -0.888. The van der Waals surface area contributed by atoms with Crippen LogP contribution in [0.1, 0.15) is 13.2 Å². The van der Waals surface area contributed by atoms with Crippen molar-refractivity contribution < 1.29 is 60.6 Å². The Labute approximate surface area is 176 Å². The van der Waals surface area contributed by atoms with Gasteiger partial charge in [0.1, 0.15) is 12.7 Å². The minimum absolute atomic E-state index is 0.607. The Kier molecular flexibility index (Phi) is 9.52. The fourth-order valence-electron chi connectivity index (χ4n) is 1.77. The van der Waals surface area contributed by atoms with Crippen molar-refractivity contribution >= 4 is 35.1 Å². The number of ether oxygens (including phenoxy) is 1. The second-order valence-corrected chi connectivity index (χ2v) is 10.3. The highest BCUT2D eigenvalue weighted by molar-refractivity contribution is 7.66. The van der Waals surface area contributed by atoms with Crippen molar-refractivity contribution in [1.29, 1.82) is 0 Å². The van der Waals surface area contributed by atoms with Crippen LogP contribution in [0, 0.1) is 0 Å². The molecule has 0 aliphatic heterocycles. The number of aliphatic hydroxyl groups is 1. The molecule has 0 amide bonds. The molecule has 2 unspecified atom stereocenters. The molecule has 6 N–H and O–H groups in total. The maximum absolute atomic E-state index is 15.1. The molecule has 21 heteroatoms. The molecule has 0 bridgehead atoms. The summed E-state index contributed by atoms with van der Waals surface area (Å²) in [6.07, 6.45) is -2.96. The third kappa shape index (κ3) is 9.32. The van der Waals surface area contributed by atoms with Crippen LogP contribution in [0.4, 0.5) is 4.39 Å². The lowest BCUT2D eigenvalue weighted by Crippen LogP contribution is -2.46. The van der Waals surface area contributed by atoms with Crippen LogP contribution in [0.5, 0.6) is 0 Å². The lowest BCUT2D eigenvalue weighted by Gasteiger charge is -2.32. The second-order valence-electron chi connectivity index (χ2n) is 5.57. The zero-order valence-electron chi connectivity index (χ0n) is 15.2. The molecule has 0 aliphatic rings. The molecule has 1 heterocycles. The van der Waals surface area contributed by atoms with Crippen molar-refractivity contribution in [2.24, 2.45) is 0 Å². The molecule has 0 spiro atoms. The predicted octanol–water partition coefficient (Wildman–Crippen LogP) is -0.320. The van der Waals surface area contributed by atoms with Gasteiger partial charge in [0.2, 0.25) is 0 Å². The monoisotopic (exact) mass is 536 g/mol. The molecule has 31 heavy (non-hydrogen) atoms. The van der Waals surface area contributed by atoms with E-state index in [1.54, 1.807) is 0 Å². The van der Waals surface area contributed by atoms with Gasteiger partial charge in [-0.3, -0.25) is 18.9 Å². The minimum atomic E-state index is -5.86. The first-order valence-corrected chi connectivity index (χ1v) is 12.7. The number of aromatic amines is 1. The average molecular weight is 537 g/mol. The topological polar surface area (TPSA) is 244 Å². The minimum Gasteiger partial charge on any atom is -0.387 e. The number of alkyl halides is 2. The Hall–Kier alpha value is -0.770. The lowest BCUT2D eigenvalue weighted by atomic mass is 10.2. The van der Waals surface area contributed by atoms with E-state index in [0.717, 1.165) is 19.2 Å². The molecule has 0 aromatic carbocycles. The van der Waals surface area contributed by atoms with Crippen LogP contribution in [-0.4, -0.2) is 58.7 Å². The van der Waals surface area contributed by atoms with Gasteiger partial charge in [0.05, 0.1) is 5.88 Å². The maximum atomic E-state index is 15.1. The zero-order chi connectivity index (χ0) is 24.3. The molecule has 1 rings (SSSR count). The van der Waals surface area contributed by atoms with Crippen molar-refractivity contribution in [3.05, 3.63) is 33.1 Å². The van der Waals surface area contributed by atoms with Crippen LogP contribution >= 0.6 is 35.1 Å². The van der Waals surface area contributed by atoms with Gasteiger partial charge in [-0.05, 0) is 6.92 Å². The Balaban J connectivity index is 3.03. The molecule has 0 radical (unpaired) electrons. The van der Waals surface area contributed by atoms with Gasteiger partial charge in [0.25, 0.3) is 11.4 Å². The molecule has 0 fully saturated rings. The van der Waals surface area contributed by atoms with Crippen molar-refractivity contribution in [3.63, 3.8) is 0 Å². The molecule has 16 nitrogen and oxygen atoms in total. The fraction of sp³-hybridized carbons (Fsp3) is 0.600. The summed E-state index contributed by atoms with van der Waals surface area (Å²) in [5, 5.41) is 9.65. The van der Waals surface area contributed by atoms with Gasteiger partial charge < -0.3 is 29.4 Å². The third-order valence-corrected chi connectivity index (χ3v) is 7.14. The van der Waals surface area contributed by atoms with Crippen LogP contribution in [0.3, 0.4) is 0 Å². The standard InChI is InChI=1S/C10H17ClFN2O14P3/c1-6(15)10(12,26-8(4-11)14-3-2-7(16)13-9(14)17)5-25-30(21,22)28-31(23,24)27-29(18,19)20/h2-3,6,8,15H,4-5H2,1H3,(H,21,22)(H,23,24)(H,13,16,17)(H2,18,19,20)/t6-,8+,10+/m0/s1. The van der Waals surface area contributed by atoms with E-state index in [-0.39, 0.29) is 0 Å². The molecule has 180 valence electrons. The van der Waals surface area contributed by atoms with Crippen LogP contribution in [0.2, 0.25) is 0 Å². The molecule has 5 atom stereocenters. The Morgan fingerprint density at radius 1 is 1.19 bits per heavy atom. The first-order chi connectivity index (χ1) is 13.9. The maximum Gasteiger partial charge on any atom is 0.490 e. The summed E-state index contributed by atoms with van der Waals surface area (Å²) in [5.74, 6) is -4.04. The Bertz CT molecular complexity index is 1020. The number of nitrogens with zero attached hydrogens (tertiary/aromatic N) is 1. The van der Waals surface area contributed by atoms with Gasteiger partial charge in [-0.1, -0.05) is 0 Å². The Morgan fingerprint density at radius 3 is 2.23 bits per heavy atom. The summed E-state index contributed by atoms with van der Waals surface area (Å²) in [6, 6.07) is 0.860. The number of hydrogen-bond acceptors (Lipinski definition) is 10. The van der Waals surface area contributed by atoms with Gasteiger partial charge in [0.15, 0.2) is 6.23 Å². The quantitative estimate of drug-likeness (QED) is 0.148. The van der Waals surface area contributed by atoms with E-state index in [1.165, 1.54) is 0 Å². The lowest BCUT2D eigenvalue weighted by molar-refractivity contribution is -0.254. The largest absolute Gasteiger partial charge is 0.490 e. The van der Waals surface area contributed by atoms with Gasteiger partial charge in [-0.15, -0.1) is 11.6 Å². The number of rotatable bonds is 12. The highest BCUT2D eigenvalue weighted by Crippen LogP contribution is 2.66. The second kappa shape index (κ2) is 10.4. The normalized spacial score (nSPS) is 20.3. The molecule has 0 aliphatic carbocycles. The highest BCUT2D eigenvalue weighted by atomic mass is 35.5. The summed E-state index contributed by atoms with van der Waals surface area (Å²) in [5.41, 5.74) is -1.89. The molecule has 0 saturated carbocycles. The predicted molar refractivity (Wildman–Crippen MR) is 97.5 cm³/mol. The highest BCUT2D eigenvalue weighted by Gasteiger charge is 2.46. The number of aromatic nitrogens is 2. The van der Waals surface area contributed by atoms with E-state index in [4.69, 9.17) is 31.0 Å². The summed E-state index contributed by atoms with van der Waals surface area (Å²) in [4.78, 5) is 60.1. The van der Waals surface area contributed by atoms with Crippen LogP contribution in [0.15, 0.2) is 21.9 Å². The summed E-state index contributed by atoms with van der Waals surface area (Å²) in [7, 11) is -17.2. The van der Waals surface area contributed by atoms with E-state index in [1.807, 2.05) is 4.98 Å². The first kappa shape index (κ1) is 28.3. The van der Waals surface area contributed by atoms with E-state index >= 15 is 4.39 Å². The van der Waals surface area contributed by atoms with E-state index < -0.39 is 65.4 Å². The van der Waals surface area contributed by atoms with Crippen LogP contribution < -0.4 is 11.2 Å². The van der Waals surface area contributed by atoms with Crippen molar-refractivity contribution in [2.75, 3.05) is 12.5 Å². The van der Waals surface area contributed by atoms with Crippen LogP contribution in [0.25, 0.3) is 0 Å². The van der Waals surface area contributed by atoms with E-state index in [2.05, 4.69) is 13.1 Å². The number of phosphoric acid groups is 3. The fourth-order valence-corrected chi connectivity index (χ4v) is 5.01. The number of hydrogen-bond donors (Lipinski definition) is 6. The Morgan fingerprint density at radius 2 is 1.77 bits per heavy atom. The van der Waals surface area contributed by atoms with E-state index in [9.17, 15) is 33.3 Å². The van der Waals surface area contributed by atoms with Crippen molar-refractivity contribution in [1.82, 2.24) is 9.55 Å². The average Bonchev–Trinajstić information content (AvgIpc) is 2.55. The number of halogens is 2. The molecule has 0 saturated heterocycles. The van der Waals surface area contributed by atoms with Crippen LogP contribution in [-0.2, 0) is 31.6 Å². The first-order valence-electron chi connectivity index (χ1n) is 7.60. The SMILES string of the molecule is C[C@H](O)[C@@](F)(COP(=O)(O)OP(=O)(O)OP(=O)(O)O)O[C@H](CCl)n1ccc(=O)[nH]c1=O. The number of phosphoric ester groups is 1. The molecular formula is C10H17ClFN2O14P3.